The zero-order chi connectivity index (χ0) is 22.2. The van der Waals surface area contributed by atoms with Crippen LogP contribution < -0.4 is 10.5 Å². The zero-order valence-electron chi connectivity index (χ0n) is 17.7. The number of rotatable bonds is 5. The van der Waals surface area contributed by atoms with Crippen LogP contribution in [-0.2, 0) is 0 Å². The van der Waals surface area contributed by atoms with Crippen LogP contribution in [0.25, 0.3) is 27.3 Å². The Balaban J connectivity index is 1.67. The maximum absolute atomic E-state index is 13.6. The van der Waals surface area contributed by atoms with Gasteiger partial charge < -0.3 is 14.9 Å². The molecule has 5 rings (SSSR count). The van der Waals surface area contributed by atoms with Crippen LogP contribution in [0.2, 0.25) is 0 Å². The van der Waals surface area contributed by atoms with Crippen LogP contribution in [0.5, 0.6) is 5.75 Å². The van der Waals surface area contributed by atoms with E-state index in [2.05, 4.69) is 31.2 Å². The van der Waals surface area contributed by atoms with Gasteiger partial charge in [0.15, 0.2) is 0 Å². The summed E-state index contributed by atoms with van der Waals surface area (Å²) in [7, 11) is 1.55. The van der Waals surface area contributed by atoms with Gasteiger partial charge in [-0.1, -0.05) is 48.0 Å². The van der Waals surface area contributed by atoms with E-state index in [0.717, 1.165) is 27.3 Å². The number of hydrogen-bond donors (Lipinski definition) is 1. The number of thiazole rings is 1. The fourth-order valence-electron chi connectivity index (χ4n) is 3.89. The molecule has 32 heavy (non-hydrogen) atoms. The standard InChI is InChI=1S/C26H21N3O2S/c1-16-10-12-17(13-11-16)19-15-32-26(28-19)22-20-8-5-6-14-29(20)24(23(22)27)25(30)18-7-3-4-9-21(18)31-2/h3-15H,27H2,1-2H3. The summed E-state index contributed by atoms with van der Waals surface area (Å²) in [4.78, 5) is 18.4. The molecule has 0 aliphatic carbocycles. The number of anilines is 1. The summed E-state index contributed by atoms with van der Waals surface area (Å²) in [5.41, 5.74) is 12.7. The van der Waals surface area contributed by atoms with Crippen molar-refractivity contribution in [2.24, 2.45) is 0 Å². The molecule has 0 unspecified atom stereocenters. The van der Waals surface area contributed by atoms with Gasteiger partial charge in [-0.15, -0.1) is 11.3 Å². The maximum Gasteiger partial charge on any atom is 0.215 e. The number of para-hydroxylation sites is 1. The van der Waals surface area contributed by atoms with Crippen molar-refractivity contribution in [2.45, 2.75) is 6.92 Å². The van der Waals surface area contributed by atoms with E-state index in [0.29, 0.717) is 22.7 Å². The van der Waals surface area contributed by atoms with Gasteiger partial charge in [-0.3, -0.25) is 4.79 Å². The highest BCUT2D eigenvalue weighted by atomic mass is 32.1. The monoisotopic (exact) mass is 439 g/mol. The van der Waals surface area contributed by atoms with E-state index in [9.17, 15) is 4.79 Å². The molecule has 0 saturated carbocycles. The minimum absolute atomic E-state index is 0.192. The molecular formula is C26H21N3O2S. The third-order valence-corrected chi connectivity index (χ3v) is 6.37. The zero-order valence-corrected chi connectivity index (χ0v) is 18.5. The van der Waals surface area contributed by atoms with Crippen LogP contribution in [0.3, 0.4) is 0 Å². The smallest absolute Gasteiger partial charge is 0.215 e. The SMILES string of the molecule is COc1ccccc1C(=O)c1c(N)c(-c2nc(-c3ccc(C)cc3)cs2)c2ccccn12. The summed E-state index contributed by atoms with van der Waals surface area (Å²) in [5, 5.41) is 2.80. The Kier molecular flexibility index (Phi) is 4.99. The molecule has 3 aromatic heterocycles. The highest BCUT2D eigenvalue weighted by molar-refractivity contribution is 7.13. The molecule has 0 aliphatic rings. The summed E-state index contributed by atoms with van der Waals surface area (Å²) < 4.78 is 7.25. The van der Waals surface area contributed by atoms with Crippen molar-refractivity contribution in [2.75, 3.05) is 12.8 Å². The molecule has 0 bridgehead atoms. The Labute approximate surface area is 189 Å². The number of nitrogens with two attached hydrogens (primary N) is 1. The third kappa shape index (κ3) is 3.25. The molecule has 158 valence electrons. The normalized spacial score (nSPS) is 11.1. The number of ether oxygens (including phenoxy) is 1. The van der Waals surface area contributed by atoms with E-state index in [1.165, 1.54) is 16.9 Å². The van der Waals surface area contributed by atoms with Crippen molar-refractivity contribution in [3.63, 3.8) is 0 Å². The number of ketones is 1. The third-order valence-electron chi connectivity index (χ3n) is 5.51. The molecule has 6 heteroatoms. The molecule has 5 aromatic rings. The Morgan fingerprint density at radius 2 is 1.78 bits per heavy atom. The topological polar surface area (TPSA) is 69.6 Å². The van der Waals surface area contributed by atoms with Crippen molar-refractivity contribution in [3.8, 4) is 27.6 Å². The van der Waals surface area contributed by atoms with Crippen molar-refractivity contribution in [1.29, 1.82) is 0 Å². The van der Waals surface area contributed by atoms with Crippen molar-refractivity contribution in [1.82, 2.24) is 9.38 Å². The van der Waals surface area contributed by atoms with E-state index in [4.69, 9.17) is 15.5 Å². The number of nitrogens with zero attached hydrogens (tertiary/aromatic N) is 2. The number of carbonyl (C=O) groups is 1. The molecule has 2 aromatic carbocycles. The average Bonchev–Trinajstić information content (AvgIpc) is 3.41. The second kappa shape index (κ2) is 7.98. The number of methoxy groups -OCH3 is 1. The van der Waals surface area contributed by atoms with E-state index in [1.807, 2.05) is 46.3 Å². The van der Waals surface area contributed by atoms with E-state index in [-0.39, 0.29) is 5.78 Å². The van der Waals surface area contributed by atoms with E-state index in [1.54, 1.807) is 19.2 Å². The number of aromatic nitrogens is 2. The van der Waals surface area contributed by atoms with Gasteiger partial charge in [0.2, 0.25) is 5.78 Å². The lowest BCUT2D eigenvalue weighted by Gasteiger charge is -2.08. The first kappa shape index (κ1) is 20.0. The number of aryl methyl sites for hydroxylation is 1. The summed E-state index contributed by atoms with van der Waals surface area (Å²) in [6, 6.07) is 21.2. The second-order valence-corrected chi connectivity index (χ2v) is 8.38. The van der Waals surface area contributed by atoms with Gasteiger partial charge in [-0.2, -0.15) is 0 Å². The molecule has 5 nitrogen and oxygen atoms in total. The van der Waals surface area contributed by atoms with Crippen LogP contribution in [0, 0.1) is 6.92 Å². The molecule has 0 aliphatic heterocycles. The Morgan fingerprint density at radius 3 is 2.56 bits per heavy atom. The number of carbonyl (C=O) groups excluding carboxylic acids is 1. The van der Waals surface area contributed by atoms with Crippen LogP contribution >= 0.6 is 11.3 Å². The number of hydrogen-bond acceptors (Lipinski definition) is 5. The Hall–Kier alpha value is -3.90. The number of benzene rings is 2. The molecule has 0 amide bonds. The molecule has 0 saturated heterocycles. The number of pyridine rings is 1. The first-order valence-corrected chi connectivity index (χ1v) is 11.1. The van der Waals surface area contributed by atoms with Crippen LogP contribution in [-0.4, -0.2) is 22.3 Å². The second-order valence-electron chi connectivity index (χ2n) is 7.53. The van der Waals surface area contributed by atoms with Gasteiger partial charge in [0.25, 0.3) is 0 Å². The molecule has 0 fully saturated rings. The average molecular weight is 440 g/mol. The lowest BCUT2D eigenvalue weighted by atomic mass is 10.1. The van der Waals surface area contributed by atoms with Crippen LogP contribution in [0.15, 0.2) is 78.3 Å². The molecule has 3 heterocycles. The van der Waals surface area contributed by atoms with E-state index < -0.39 is 0 Å². The van der Waals surface area contributed by atoms with Crippen molar-refractivity contribution in [3.05, 3.63) is 95.1 Å². The number of fused-ring (bicyclic) bond motifs is 1. The quantitative estimate of drug-likeness (QED) is 0.348. The van der Waals surface area contributed by atoms with Crippen LogP contribution in [0.1, 0.15) is 21.6 Å². The van der Waals surface area contributed by atoms with Gasteiger partial charge >= 0.3 is 0 Å². The lowest BCUT2D eigenvalue weighted by Crippen LogP contribution is -2.09. The molecule has 2 N–H and O–H groups in total. The summed E-state index contributed by atoms with van der Waals surface area (Å²) >= 11 is 1.52. The van der Waals surface area contributed by atoms with Crippen LogP contribution in [0.4, 0.5) is 5.69 Å². The van der Waals surface area contributed by atoms with Gasteiger partial charge in [-0.05, 0) is 31.2 Å². The molecule has 0 atom stereocenters. The summed E-state index contributed by atoms with van der Waals surface area (Å²) in [5.74, 6) is 0.322. The largest absolute Gasteiger partial charge is 0.496 e. The van der Waals surface area contributed by atoms with Crippen molar-refractivity contribution < 1.29 is 9.53 Å². The highest BCUT2D eigenvalue weighted by Crippen LogP contribution is 2.40. The van der Waals surface area contributed by atoms with E-state index >= 15 is 0 Å². The molecule has 0 radical (unpaired) electrons. The molecule has 0 spiro atoms. The van der Waals surface area contributed by atoms with Gasteiger partial charge in [-0.25, -0.2) is 4.98 Å². The summed E-state index contributed by atoms with van der Waals surface area (Å²) in [6.07, 6.45) is 1.85. The predicted octanol–water partition coefficient (Wildman–Crippen LogP) is 5.86. The highest BCUT2D eigenvalue weighted by Gasteiger charge is 2.26. The lowest BCUT2D eigenvalue weighted by molar-refractivity contribution is 0.103. The van der Waals surface area contributed by atoms with Gasteiger partial charge in [0, 0.05) is 17.1 Å². The first-order chi connectivity index (χ1) is 15.6. The minimum atomic E-state index is -0.192. The fourth-order valence-corrected chi connectivity index (χ4v) is 4.79. The number of nitrogen functional groups attached to an aromatic ring is 1. The minimum Gasteiger partial charge on any atom is -0.496 e. The molecular weight excluding hydrogens is 418 g/mol. The predicted molar refractivity (Wildman–Crippen MR) is 130 cm³/mol. The Morgan fingerprint density at radius 1 is 1.03 bits per heavy atom. The van der Waals surface area contributed by atoms with Crippen molar-refractivity contribution >= 4 is 28.3 Å². The van der Waals surface area contributed by atoms with Gasteiger partial charge in [0.1, 0.15) is 16.5 Å². The Bertz CT molecular complexity index is 1450. The fraction of sp³-hybridized carbons (Fsp3) is 0.0769. The first-order valence-electron chi connectivity index (χ1n) is 10.2. The summed E-state index contributed by atoms with van der Waals surface area (Å²) in [6.45, 7) is 2.06. The maximum atomic E-state index is 13.6. The van der Waals surface area contributed by atoms with Gasteiger partial charge in [0.05, 0.1) is 35.1 Å².